The van der Waals surface area contributed by atoms with Gasteiger partial charge in [-0.05, 0) is 56.0 Å². The van der Waals surface area contributed by atoms with Gasteiger partial charge in [0.05, 0.1) is 17.9 Å². The van der Waals surface area contributed by atoms with Crippen molar-refractivity contribution in [3.05, 3.63) is 36.1 Å². The number of fused-ring (bicyclic) bond motifs is 3. The zero-order valence-electron chi connectivity index (χ0n) is 13.8. The Morgan fingerprint density at radius 3 is 2.67 bits per heavy atom. The van der Waals surface area contributed by atoms with Crippen molar-refractivity contribution in [1.29, 1.82) is 0 Å². The van der Waals surface area contributed by atoms with E-state index in [-0.39, 0.29) is 5.82 Å². The molecule has 24 heavy (non-hydrogen) atoms. The molecule has 4 rings (SSSR count). The van der Waals surface area contributed by atoms with Crippen molar-refractivity contribution in [3.8, 4) is 11.5 Å². The second-order valence-corrected chi connectivity index (χ2v) is 7.46. The molecule has 4 heteroatoms. The molecule has 1 heterocycles. The van der Waals surface area contributed by atoms with Gasteiger partial charge in [0, 0.05) is 15.5 Å². The van der Waals surface area contributed by atoms with Crippen LogP contribution in [0.2, 0.25) is 0 Å². The Hall–Kier alpha value is -1.81. The Bertz CT molecular complexity index is 865. The molecule has 1 saturated carbocycles. The van der Waals surface area contributed by atoms with E-state index in [1.165, 1.54) is 37.0 Å². The van der Waals surface area contributed by atoms with Gasteiger partial charge in [-0.1, -0.05) is 12.8 Å². The number of rotatable bonds is 5. The minimum absolute atomic E-state index is 0.232. The monoisotopic (exact) mass is 344 g/mol. The lowest BCUT2D eigenvalue weighted by atomic mass is 10.1. The molecule has 1 aliphatic rings. The molecule has 0 aliphatic heterocycles. The molecule has 0 spiro atoms. The lowest BCUT2D eigenvalue weighted by Crippen LogP contribution is -2.08. The number of thiophene rings is 1. The van der Waals surface area contributed by atoms with E-state index in [4.69, 9.17) is 9.47 Å². The van der Waals surface area contributed by atoms with E-state index >= 15 is 0 Å². The van der Waals surface area contributed by atoms with Crippen molar-refractivity contribution in [2.75, 3.05) is 13.2 Å². The molecule has 2 nitrogen and oxygen atoms in total. The Kier molecular flexibility index (Phi) is 4.31. The Balaban J connectivity index is 1.67. The van der Waals surface area contributed by atoms with Gasteiger partial charge in [-0.25, -0.2) is 4.39 Å². The molecule has 2 aromatic carbocycles. The summed E-state index contributed by atoms with van der Waals surface area (Å²) in [5, 5.41) is 2.02. The van der Waals surface area contributed by atoms with Crippen LogP contribution in [0.1, 0.15) is 32.6 Å². The Morgan fingerprint density at radius 1 is 1.08 bits per heavy atom. The summed E-state index contributed by atoms with van der Waals surface area (Å²) in [7, 11) is 0. The molecule has 126 valence electrons. The number of hydrogen-bond donors (Lipinski definition) is 0. The molecule has 1 aromatic heterocycles. The van der Waals surface area contributed by atoms with Crippen LogP contribution in [0.3, 0.4) is 0 Å². The first-order valence-electron chi connectivity index (χ1n) is 8.66. The first-order chi connectivity index (χ1) is 11.8. The third-order valence-electron chi connectivity index (χ3n) is 4.78. The standard InChI is InChI=1S/C20H21FO2S/c1-2-22-14-7-8-15-16-9-10-17(23-12-13-5-3-4-6-13)19(21)20(16)24-18(15)11-14/h7-11,13H,2-6,12H2,1H3. The minimum Gasteiger partial charge on any atom is -0.494 e. The lowest BCUT2D eigenvalue weighted by Gasteiger charge is -2.12. The summed E-state index contributed by atoms with van der Waals surface area (Å²) in [5.74, 6) is 1.56. The maximum absolute atomic E-state index is 14.9. The van der Waals surface area contributed by atoms with Gasteiger partial charge in [0.25, 0.3) is 0 Å². The van der Waals surface area contributed by atoms with Gasteiger partial charge in [-0.3, -0.25) is 0 Å². The molecule has 0 N–H and O–H groups in total. The third kappa shape index (κ3) is 2.84. The highest BCUT2D eigenvalue weighted by atomic mass is 32.1. The first-order valence-corrected chi connectivity index (χ1v) is 9.48. The van der Waals surface area contributed by atoms with Crippen LogP contribution >= 0.6 is 11.3 Å². The third-order valence-corrected chi connectivity index (χ3v) is 5.94. The second-order valence-electron chi connectivity index (χ2n) is 6.41. The summed E-state index contributed by atoms with van der Waals surface area (Å²) in [5.41, 5.74) is 0. The fourth-order valence-electron chi connectivity index (χ4n) is 3.52. The van der Waals surface area contributed by atoms with Crippen LogP contribution in [0.15, 0.2) is 30.3 Å². The minimum atomic E-state index is -0.232. The summed E-state index contributed by atoms with van der Waals surface area (Å²) in [4.78, 5) is 0. The van der Waals surface area contributed by atoms with Crippen LogP contribution < -0.4 is 9.47 Å². The first kappa shape index (κ1) is 15.7. The van der Waals surface area contributed by atoms with Gasteiger partial charge in [-0.2, -0.15) is 0 Å². The van der Waals surface area contributed by atoms with Crippen molar-refractivity contribution in [2.24, 2.45) is 5.92 Å². The predicted molar refractivity (Wildman–Crippen MR) is 97.9 cm³/mol. The molecule has 0 saturated heterocycles. The summed E-state index contributed by atoms with van der Waals surface area (Å²) in [6.45, 7) is 3.22. The van der Waals surface area contributed by atoms with Gasteiger partial charge >= 0.3 is 0 Å². The molecule has 3 aromatic rings. The molecule has 1 aliphatic carbocycles. The van der Waals surface area contributed by atoms with E-state index in [9.17, 15) is 4.39 Å². The van der Waals surface area contributed by atoms with Crippen molar-refractivity contribution in [3.63, 3.8) is 0 Å². The molecule has 0 amide bonds. The number of hydrogen-bond acceptors (Lipinski definition) is 3. The molecular weight excluding hydrogens is 323 g/mol. The highest BCUT2D eigenvalue weighted by Crippen LogP contribution is 2.40. The van der Waals surface area contributed by atoms with Crippen molar-refractivity contribution in [2.45, 2.75) is 32.6 Å². The smallest absolute Gasteiger partial charge is 0.182 e. The fourth-order valence-corrected chi connectivity index (χ4v) is 4.68. The van der Waals surface area contributed by atoms with Crippen molar-refractivity contribution >= 4 is 31.5 Å². The normalized spacial score (nSPS) is 15.4. The van der Waals surface area contributed by atoms with E-state index in [0.717, 1.165) is 21.2 Å². The molecule has 0 bridgehead atoms. The second kappa shape index (κ2) is 6.60. The summed E-state index contributed by atoms with van der Waals surface area (Å²) < 4.78 is 27.9. The van der Waals surface area contributed by atoms with E-state index in [0.29, 0.717) is 29.6 Å². The van der Waals surface area contributed by atoms with Crippen molar-refractivity contribution in [1.82, 2.24) is 0 Å². The van der Waals surface area contributed by atoms with E-state index in [1.807, 2.05) is 31.2 Å². The van der Waals surface area contributed by atoms with Gasteiger partial charge in [0.2, 0.25) is 0 Å². The molecule has 0 radical (unpaired) electrons. The average Bonchev–Trinajstić information content (AvgIpc) is 3.22. The van der Waals surface area contributed by atoms with Crippen LogP contribution in [-0.4, -0.2) is 13.2 Å². The van der Waals surface area contributed by atoms with E-state index in [2.05, 4.69) is 0 Å². The van der Waals surface area contributed by atoms with Crippen LogP contribution in [0, 0.1) is 11.7 Å². The molecular formula is C20H21FO2S. The zero-order chi connectivity index (χ0) is 16.5. The topological polar surface area (TPSA) is 18.5 Å². The Morgan fingerprint density at radius 2 is 1.88 bits per heavy atom. The fraction of sp³-hybridized carbons (Fsp3) is 0.400. The van der Waals surface area contributed by atoms with Crippen molar-refractivity contribution < 1.29 is 13.9 Å². The van der Waals surface area contributed by atoms with Gasteiger partial charge in [-0.15, -0.1) is 11.3 Å². The predicted octanol–water partition coefficient (Wildman–Crippen LogP) is 6.16. The van der Waals surface area contributed by atoms with Crippen LogP contribution in [0.25, 0.3) is 20.2 Å². The summed E-state index contributed by atoms with van der Waals surface area (Å²) >= 11 is 1.47. The number of benzene rings is 2. The van der Waals surface area contributed by atoms with Crippen LogP contribution in [0.5, 0.6) is 11.5 Å². The lowest BCUT2D eigenvalue weighted by molar-refractivity contribution is 0.243. The number of halogens is 1. The number of ether oxygens (including phenoxy) is 2. The SMILES string of the molecule is CCOc1ccc2c(c1)sc1c(F)c(OCC3CCCC3)ccc12. The quantitative estimate of drug-likeness (QED) is 0.552. The largest absolute Gasteiger partial charge is 0.494 e. The summed E-state index contributed by atoms with van der Waals surface area (Å²) in [6.07, 6.45) is 4.95. The highest BCUT2D eigenvalue weighted by molar-refractivity contribution is 7.25. The van der Waals surface area contributed by atoms with Gasteiger partial charge < -0.3 is 9.47 Å². The van der Waals surface area contributed by atoms with Crippen LogP contribution in [-0.2, 0) is 0 Å². The highest BCUT2D eigenvalue weighted by Gasteiger charge is 2.18. The van der Waals surface area contributed by atoms with Gasteiger partial charge in [0.15, 0.2) is 11.6 Å². The molecule has 0 unspecified atom stereocenters. The summed E-state index contributed by atoms with van der Waals surface area (Å²) in [6, 6.07) is 9.69. The van der Waals surface area contributed by atoms with Crippen LogP contribution in [0.4, 0.5) is 4.39 Å². The zero-order valence-corrected chi connectivity index (χ0v) is 14.6. The van der Waals surface area contributed by atoms with E-state index in [1.54, 1.807) is 6.07 Å². The molecule has 0 atom stereocenters. The average molecular weight is 344 g/mol. The maximum Gasteiger partial charge on any atom is 0.182 e. The maximum atomic E-state index is 14.9. The van der Waals surface area contributed by atoms with E-state index < -0.39 is 0 Å². The Labute approximate surface area is 145 Å². The van der Waals surface area contributed by atoms with Gasteiger partial charge in [0.1, 0.15) is 5.75 Å². The molecule has 1 fully saturated rings.